The predicted molar refractivity (Wildman–Crippen MR) is 150 cm³/mol. The zero-order valence-corrected chi connectivity index (χ0v) is 23.7. The van der Waals surface area contributed by atoms with Gasteiger partial charge in [-0.3, -0.25) is 28.6 Å². The summed E-state index contributed by atoms with van der Waals surface area (Å²) < 4.78 is 20.5. The van der Waals surface area contributed by atoms with Crippen LogP contribution in [-0.2, 0) is 17.8 Å². The van der Waals surface area contributed by atoms with Gasteiger partial charge in [0.1, 0.15) is 30.0 Å². The Morgan fingerprint density at radius 1 is 1.00 bits per heavy atom. The summed E-state index contributed by atoms with van der Waals surface area (Å²) in [6, 6.07) is 4.95. The molecule has 1 fully saturated rings. The van der Waals surface area contributed by atoms with E-state index in [9.17, 15) is 14.4 Å². The molecule has 12 heteroatoms. The number of likely N-dealkylation sites (tertiary alicyclic amines) is 1. The van der Waals surface area contributed by atoms with E-state index in [2.05, 4.69) is 14.9 Å². The molecule has 3 aliphatic heterocycles. The van der Waals surface area contributed by atoms with Gasteiger partial charge in [0.25, 0.3) is 11.1 Å². The fourth-order valence-corrected chi connectivity index (χ4v) is 5.98. The van der Waals surface area contributed by atoms with Crippen molar-refractivity contribution < 1.29 is 19.0 Å². The van der Waals surface area contributed by atoms with Crippen molar-refractivity contribution in [2.24, 2.45) is 0 Å². The van der Waals surface area contributed by atoms with Gasteiger partial charge in [0, 0.05) is 44.4 Å². The summed E-state index contributed by atoms with van der Waals surface area (Å²) in [5.74, 6) is 1.25. The molecule has 6 heterocycles. The molecule has 0 saturated carbocycles. The van der Waals surface area contributed by atoms with Crippen molar-refractivity contribution in [2.45, 2.75) is 70.8 Å². The van der Waals surface area contributed by atoms with Gasteiger partial charge >= 0.3 is 6.09 Å². The summed E-state index contributed by atoms with van der Waals surface area (Å²) in [4.78, 5) is 51.6. The third-order valence-corrected chi connectivity index (χ3v) is 7.88. The van der Waals surface area contributed by atoms with Gasteiger partial charge in [-0.2, -0.15) is 0 Å². The number of carbonyl (C=O) groups excluding carboxylic acids is 1. The number of hydrogen-bond acceptors (Lipinski definition) is 9. The maximum atomic E-state index is 13.4. The minimum atomic E-state index is -0.626. The first-order valence-corrected chi connectivity index (χ1v) is 14.2. The Hall–Kier alpha value is -3.93. The highest BCUT2D eigenvalue weighted by Crippen LogP contribution is 2.31. The number of nitrogens with zero attached hydrogens (tertiary/aromatic N) is 6. The fraction of sp³-hybridized carbons (Fsp3) is 0.552. The van der Waals surface area contributed by atoms with Gasteiger partial charge in [-0.1, -0.05) is 0 Å². The Balaban J connectivity index is 1.17. The summed E-state index contributed by atoms with van der Waals surface area (Å²) in [6.45, 7) is 9.62. The molecule has 1 amide bonds. The van der Waals surface area contributed by atoms with Crippen molar-refractivity contribution in [3.05, 3.63) is 57.0 Å². The van der Waals surface area contributed by atoms with Crippen molar-refractivity contribution in [3.63, 3.8) is 0 Å². The minimum absolute atomic E-state index is 0.0304. The minimum Gasteiger partial charge on any atom is -0.486 e. The first-order chi connectivity index (χ1) is 19.7. The molecule has 0 aliphatic carbocycles. The molecule has 1 atom stereocenters. The number of carbonyl (C=O) groups is 1. The van der Waals surface area contributed by atoms with Crippen molar-refractivity contribution in [2.75, 3.05) is 32.8 Å². The van der Waals surface area contributed by atoms with E-state index in [1.54, 1.807) is 26.3 Å². The van der Waals surface area contributed by atoms with Crippen LogP contribution in [0.1, 0.15) is 51.8 Å². The van der Waals surface area contributed by atoms with Gasteiger partial charge in [0.2, 0.25) is 0 Å². The van der Waals surface area contributed by atoms with Gasteiger partial charge < -0.3 is 19.1 Å². The number of piperidine rings is 1. The molecule has 3 aliphatic rings. The lowest BCUT2D eigenvalue weighted by Crippen LogP contribution is -2.50. The van der Waals surface area contributed by atoms with E-state index in [-0.39, 0.29) is 29.3 Å². The second-order valence-corrected chi connectivity index (χ2v) is 11.9. The van der Waals surface area contributed by atoms with Crippen molar-refractivity contribution in [1.29, 1.82) is 0 Å². The van der Waals surface area contributed by atoms with Crippen LogP contribution >= 0.6 is 0 Å². The second-order valence-electron chi connectivity index (χ2n) is 11.9. The standard InChI is InChI=1S/C29H36N6O6/c1-29(2,3)41-28(38)34(17-19-14-23-24(15-30-19)40-13-12-39-23)20-6-9-32(10-7-20)18-21-8-11-33-26(37)16-31-22-4-5-25(36)35(21)27(22)33/h4-5,14-16,20-21H,6-13,17-18H2,1-3H3. The van der Waals surface area contributed by atoms with E-state index in [0.29, 0.717) is 67.6 Å². The van der Waals surface area contributed by atoms with Gasteiger partial charge in [0.05, 0.1) is 30.7 Å². The highest BCUT2D eigenvalue weighted by Gasteiger charge is 2.33. The molecule has 1 unspecified atom stereocenters. The lowest BCUT2D eigenvalue weighted by atomic mass is 10.0. The number of ether oxygens (including phenoxy) is 3. The molecule has 0 spiro atoms. The summed E-state index contributed by atoms with van der Waals surface area (Å²) in [5, 5.41) is 0. The number of aromatic nitrogens is 4. The van der Waals surface area contributed by atoms with Crippen LogP contribution in [0.4, 0.5) is 4.79 Å². The van der Waals surface area contributed by atoms with Crippen LogP contribution in [0.2, 0.25) is 0 Å². The van der Waals surface area contributed by atoms with Crippen LogP contribution in [0.3, 0.4) is 0 Å². The number of fused-ring (bicyclic) bond motifs is 1. The molecule has 6 rings (SSSR count). The van der Waals surface area contributed by atoms with E-state index in [4.69, 9.17) is 14.2 Å². The number of pyridine rings is 2. The quantitative estimate of drug-likeness (QED) is 0.460. The summed E-state index contributed by atoms with van der Waals surface area (Å²) in [5.41, 5.74) is 1.01. The van der Waals surface area contributed by atoms with Gasteiger partial charge in [-0.05, 0) is 46.1 Å². The SMILES string of the molecule is CC(C)(C)OC(=O)N(Cc1cc2c(cn1)OCCO2)C1CCN(CC2CCn3c(=O)cnc4ccc(=O)n2c43)CC1. The van der Waals surface area contributed by atoms with Gasteiger partial charge in [0.15, 0.2) is 11.5 Å². The Labute approximate surface area is 237 Å². The van der Waals surface area contributed by atoms with E-state index in [0.717, 1.165) is 25.9 Å². The van der Waals surface area contributed by atoms with Crippen molar-refractivity contribution >= 4 is 17.3 Å². The summed E-state index contributed by atoms with van der Waals surface area (Å²) >= 11 is 0. The monoisotopic (exact) mass is 564 g/mol. The lowest BCUT2D eigenvalue weighted by molar-refractivity contribution is 0.00465. The Bertz CT molecular complexity index is 1560. The van der Waals surface area contributed by atoms with Crippen LogP contribution in [0, 0.1) is 0 Å². The molecule has 0 aromatic carbocycles. The molecule has 0 radical (unpaired) electrons. The number of amides is 1. The largest absolute Gasteiger partial charge is 0.486 e. The van der Waals surface area contributed by atoms with E-state index >= 15 is 0 Å². The molecule has 218 valence electrons. The smallest absolute Gasteiger partial charge is 0.410 e. The first-order valence-electron chi connectivity index (χ1n) is 14.2. The van der Waals surface area contributed by atoms with E-state index in [1.807, 2.05) is 26.8 Å². The molecule has 0 N–H and O–H groups in total. The lowest BCUT2D eigenvalue weighted by Gasteiger charge is -2.40. The van der Waals surface area contributed by atoms with Crippen LogP contribution in [0.15, 0.2) is 40.2 Å². The molecule has 3 aromatic heterocycles. The molecule has 0 bridgehead atoms. The third kappa shape index (κ3) is 5.65. The van der Waals surface area contributed by atoms with Crippen molar-refractivity contribution in [1.82, 2.24) is 28.9 Å². The summed E-state index contributed by atoms with van der Waals surface area (Å²) in [6.07, 6.45) is 4.80. The van der Waals surface area contributed by atoms with Crippen LogP contribution in [0.5, 0.6) is 11.5 Å². The average Bonchev–Trinajstić information content (AvgIpc) is 2.95. The van der Waals surface area contributed by atoms with Gasteiger partial charge in [-0.15, -0.1) is 0 Å². The molecule has 1 saturated heterocycles. The highest BCUT2D eigenvalue weighted by atomic mass is 16.6. The normalized spacial score (nSPS) is 19.2. The Morgan fingerprint density at radius 2 is 1.76 bits per heavy atom. The average molecular weight is 565 g/mol. The second kappa shape index (κ2) is 10.8. The zero-order valence-electron chi connectivity index (χ0n) is 23.7. The maximum Gasteiger partial charge on any atom is 0.410 e. The van der Waals surface area contributed by atoms with Crippen LogP contribution in [0.25, 0.3) is 11.2 Å². The maximum absolute atomic E-state index is 13.4. The molecular formula is C29H36N6O6. The van der Waals surface area contributed by atoms with E-state index in [1.165, 1.54) is 12.3 Å². The molecule has 12 nitrogen and oxygen atoms in total. The van der Waals surface area contributed by atoms with Gasteiger partial charge in [-0.25, -0.2) is 9.78 Å². The molecule has 41 heavy (non-hydrogen) atoms. The number of aryl methyl sites for hydroxylation is 1. The molecular weight excluding hydrogens is 528 g/mol. The van der Waals surface area contributed by atoms with Crippen molar-refractivity contribution in [3.8, 4) is 11.5 Å². The Morgan fingerprint density at radius 3 is 2.51 bits per heavy atom. The Kier molecular flexibility index (Phi) is 7.18. The fourth-order valence-electron chi connectivity index (χ4n) is 5.98. The van der Waals surface area contributed by atoms with Crippen LogP contribution < -0.4 is 20.6 Å². The third-order valence-electron chi connectivity index (χ3n) is 7.88. The zero-order chi connectivity index (χ0) is 28.7. The first kappa shape index (κ1) is 27.3. The van der Waals surface area contributed by atoms with Crippen LogP contribution in [-0.4, -0.2) is 79.5 Å². The topological polar surface area (TPSA) is 121 Å². The summed E-state index contributed by atoms with van der Waals surface area (Å²) in [7, 11) is 0. The molecule has 3 aromatic rings. The highest BCUT2D eigenvalue weighted by molar-refractivity contribution is 5.71. The number of rotatable bonds is 5. The number of hydrogen-bond donors (Lipinski definition) is 0. The predicted octanol–water partition coefficient (Wildman–Crippen LogP) is 2.57. The van der Waals surface area contributed by atoms with E-state index < -0.39 is 5.60 Å².